The molecule has 0 saturated heterocycles. The minimum absolute atomic E-state index is 0.194. The summed E-state index contributed by atoms with van der Waals surface area (Å²) < 4.78 is 1.09. The summed E-state index contributed by atoms with van der Waals surface area (Å²) in [6.07, 6.45) is 2.54. The molecule has 21 heavy (non-hydrogen) atoms. The zero-order valence-corrected chi connectivity index (χ0v) is 14.2. The number of hydrogen-bond acceptors (Lipinski definition) is 4. The minimum atomic E-state index is -0.194. The summed E-state index contributed by atoms with van der Waals surface area (Å²) in [5, 5.41) is 6.07. The maximum atomic E-state index is 12.3. The van der Waals surface area contributed by atoms with Crippen molar-refractivity contribution >= 4 is 43.6 Å². The molecule has 2 N–H and O–H groups in total. The fraction of sp³-hybridized carbons (Fsp3) is 0.214. The Bertz CT molecular complexity index is 705. The van der Waals surface area contributed by atoms with E-state index in [1.165, 1.54) is 17.3 Å². The summed E-state index contributed by atoms with van der Waals surface area (Å²) >= 11 is 6.51. The van der Waals surface area contributed by atoms with E-state index < -0.39 is 0 Å². The number of fused-ring (bicyclic) bond motifs is 1. The molecule has 1 aromatic heterocycles. The molecule has 1 amide bonds. The Morgan fingerprint density at radius 1 is 1.29 bits per heavy atom. The highest BCUT2D eigenvalue weighted by molar-refractivity contribution is 9.11. The summed E-state index contributed by atoms with van der Waals surface area (Å²) in [5.74, 6) is 0.208. The van der Waals surface area contributed by atoms with Gasteiger partial charge >= 0.3 is 0 Å². The molecule has 1 aliphatic rings. The van der Waals surface area contributed by atoms with Gasteiger partial charge in [-0.1, -0.05) is 6.07 Å². The van der Waals surface area contributed by atoms with Crippen LogP contribution in [0, 0.1) is 0 Å². The van der Waals surface area contributed by atoms with Crippen molar-refractivity contribution in [3.05, 3.63) is 50.3 Å². The normalized spacial score (nSPS) is 13.6. The van der Waals surface area contributed by atoms with E-state index in [9.17, 15) is 4.79 Å². The molecule has 0 bridgehead atoms. The second-order valence-corrected chi connectivity index (χ2v) is 6.26. The van der Waals surface area contributed by atoms with Gasteiger partial charge in [0.05, 0.1) is 6.20 Å². The third-order valence-electron chi connectivity index (χ3n) is 3.29. The van der Waals surface area contributed by atoms with Gasteiger partial charge in [0.25, 0.3) is 5.91 Å². The zero-order valence-electron chi connectivity index (χ0n) is 11.0. The molecule has 0 unspecified atom stereocenters. The molecule has 0 saturated carbocycles. The van der Waals surface area contributed by atoms with Gasteiger partial charge in [-0.15, -0.1) is 0 Å². The highest BCUT2D eigenvalue weighted by Crippen LogP contribution is 2.21. The van der Waals surface area contributed by atoms with Crippen LogP contribution in [0.3, 0.4) is 0 Å². The van der Waals surface area contributed by atoms with E-state index >= 15 is 0 Å². The summed E-state index contributed by atoms with van der Waals surface area (Å²) in [7, 11) is 0. The van der Waals surface area contributed by atoms with Crippen molar-refractivity contribution in [2.24, 2.45) is 0 Å². The van der Waals surface area contributed by atoms with Gasteiger partial charge < -0.3 is 10.6 Å². The van der Waals surface area contributed by atoms with Crippen LogP contribution in [-0.4, -0.2) is 22.4 Å². The number of carbonyl (C=O) groups is 1. The quantitative estimate of drug-likeness (QED) is 0.797. The van der Waals surface area contributed by atoms with E-state index in [0.717, 1.165) is 19.5 Å². The van der Waals surface area contributed by atoms with E-state index in [4.69, 9.17) is 0 Å². The Labute approximate surface area is 138 Å². The Hall–Kier alpha value is -1.31. The molecule has 7 heteroatoms. The summed E-state index contributed by atoms with van der Waals surface area (Å²) in [6.45, 7) is 1.79. The molecular formula is C14H12Br2N4O. The monoisotopic (exact) mass is 410 g/mol. The standard InChI is InChI=1S/C14H12Br2N4O/c15-11-7-18-13(12(16)19-11)20-14(21)9-2-1-8-3-4-17-6-10(8)5-9/h1-2,5,7,17H,3-4,6H2,(H,18,20,21). The molecule has 0 radical (unpaired) electrons. The lowest BCUT2D eigenvalue weighted by molar-refractivity contribution is 0.102. The molecule has 0 atom stereocenters. The number of aromatic nitrogens is 2. The third-order valence-corrected chi connectivity index (χ3v) is 4.22. The lowest BCUT2D eigenvalue weighted by Gasteiger charge is -2.17. The number of anilines is 1. The lowest BCUT2D eigenvalue weighted by atomic mass is 9.98. The number of carbonyl (C=O) groups excluding carboxylic acids is 1. The highest BCUT2D eigenvalue weighted by atomic mass is 79.9. The predicted octanol–water partition coefficient (Wildman–Crippen LogP) is 2.90. The fourth-order valence-electron chi connectivity index (χ4n) is 2.23. The van der Waals surface area contributed by atoms with E-state index in [-0.39, 0.29) is 5.91 Å². The first-order valence-corrected chi connectivity index (χ1v) is 8.04. The number of hydrogen-bond donors (Lipinski definition) is 2. The molecule has 0 spiro atoms. The Morgan fingerprint density at radius 3 is 2.95 bits per heavy atom. The predicted molar refractivity (Wildman–Crippen MR) is 87.2 cm³/mol. The zero-order chi connectivity index (χ0) is 14.8. The van der Waals surface area contributed by atoms with Gasteiger partial charge in [0, 0.05) is 12.1 Å². The third kappa shape index (κ3) is 3.30. The molecule has 2 aromatic rings. The van der Waals surface area contributed by atoms with Crippen LogP contribution >= 0.6 is 31.9 Å². The van der Waals surface area contributed by atoms with Crippen LogP contribution in [0.15, 0.2) is 33.6 Å². The van der Waals surface area contributed by atoms with Crippen molar-refractivity contribution in [1.29, 1.82) is 0 Å². The van der Waals surface area contributed by atoms with Gasteiger partial charge in [0.1, 0.15) is 9.21 Å². The Morgan fingerprint density at radius 2 is 2.14 bits per heavy atom. The van der Waals surface area contributed by atoms with Crippen molar-refractivity contribution in [2.45, 2.75) is 13.0 Å². The second-order valence-electron chi connectivity index (χ2n) is 4.70. The van der Waals surface area contributed by atoms with Gasteiger partial charge in [-0.2, -0.15) is 0 Å². The van der Waals surface area contributed by atoms with Gasteiger partial charge in [-0.05, 0) is 68.1 Å². The van der Waals surface area contributed by atoms with Gasteiger partial charge in [0.2, 0.25) is 0 Å². The number of benzene rings is 1. The van der Waals surface area contributed by atoms with E-state index in [0.29, 0.717) is 20.6 Å². The number of rotatable bonds is 2. The first-order chi connectivity index (χ1) is 10.1. The molecule has 1 aliphatic heterocycles. The SMILES string of the molecule is O=C(Nc1ncc(Br)nc1Br)c1ccc2c(c1)CNCC2. The number of nitrogens with zero attached hydrogens (tertiary/aromatic N) is 2. The second kappa shape index (κ2) is 6.21. The van der Waals surface area contributed by atoms with Gasteiger partial charge in [0.15, 0.2) is 5.82 Å². The first kappa shape index (κ1) is 14.6. The van der Waals surface area contributed by atoms with Crippen molar-refractivity contribution < 1.29 is 4.79 Å². The maximum absolute atomic E-state index is 12.3. The van der Waals surface area contributed by atoms with Crippen molar-refractivity contribution in [2.75, 3.05) is 11.9 Å². The fourth-order valence-corrected chi connectivity index (χ4v) is 3.14. The number of amides is 1. The van der Waals surface area contributed by atoms with Crippen molar-refractivity contribution in [3.63, 3.8) is 0 Å². The van der Waals surface area contributed by atoms with Gasteiger partial charge in [-0.25, -0.2) is 9.97 Å². The molecule has 5 nitrogen and oxygen atoms in total. The van der Waals surface area contributed by atoms with Crippen molar-refractivity contribution in [3.8, 4) is 0 Å². The van der Waals surface area contributed by atoms with Crippen LogP contribution in [0.4, 0.5) is 5.82 Å². The van der Waals surface area contributed by atoms with Crippen LogP contribution in [0.5, 0.6) is 0 Å². The summed E-state index contributed by atoms with van der Waals surface area (Å²) in [5.41, 5.74) is 3.10. The topological polar surface area (TPSA) is 66.9 Å². The average molecular weight is 412 g/mol. The number of nitrogens with one attached hydrogen (secondary N) is 2. The summed E-state index contributed by atoms with van der Waals surface area (Å²) in [6, 6.07) is 5.80. The minimum Gasteiger partial charge on any atom is -0.312 e. The maximum Gasteiger partial charge on any atom is 0.256 e. The van der Waals surface area contributed by atoms with Crippen LogP contribution < -0.4 is 10.6 Å². The van der Waals surface area contributed by atoms with Gasteiger partial charge in [-0.3, -0.25) is 4.79 Å². The molecule has 0 fully saturated rings. The molecule has 3 rings (SSSR count). The highest BCUT2D eigenvalue weighted by Gasteiger charge is 2.14. The average Bonchev–Trinajstić information content (AvgIpc) is 2.49. The molecule has 1 aromatic carbocycles. The molecule has 2 heterocycles. The van der Waals surface area contributed by atoms with E-state index in [1.807, 2.05) is 18.2 Å². The number of halogens is 2. The van der Waals surface area contributed by atoms with Crippen LogP contribution in [-0.2, 0) is 13.0 Å². The van der Waals surface area contributed by atoms with Crippen LogP contribution in [0.1, 0.15) is 21.5 Å². The molecule has 0 aliphatic carbocycles. The van der Waals surface area contributed by atoms with E-state index in [2.05, 4.69) is 52.5 Å². The largest absolute Gasteiger partial charge is 0.312 e. The lowest BCUT2D eigenvalue weighted by Crippen LogP contribution is -2.24. The van der Waals surface area contributed by atoms with Crippen LogP contribution in [0.2, 0.25) is 0 Å². The first-order valence-electron chi connectivity index (χ1n) is 6.45. The van der Waals surface area contributed by atoms with E-state index in [1.54, 1.807) is 0 Å². The van der Waals surface area contributed by atoms with Crippen LogP contribution in [0.25, 0.3) is 0 Å². The Kier molecular flexibility index (Phi) is 4.32. The smallest absolute Gasteiger partial charge is 0.256 e. The molecular weight excluding hydrogens is 400 g/mol. The molecule has 108 valence electrons. The Balaban J connectivity index is 1.82. The summed E-state index contributed by atoms with van der Waals surface area (Å²) in [4.78, 5) is 20.6. The van der Waals surface area contributed by atoms with Crippen molar-refractivity contribution in [1.82, 2.24) is 15.3 Å².